The summed E-state index contributed by atoms with van der Waals surface area (Å²) >= 11 is 1.34. The van der Waals surface area contributed by atoms with Crippen molar-refractivity contribution in [1.29, 1.82) is 0 Å². The minimum atomic E-state index is -0.896. The molecule has 1 aromatic heterocycles. The first-order chi connectivity index (χ1) is 7.74. The van der Waals surface area contributed by atoms with Gasteiger partial charge in [-0.1, -0.05) is 0 Å². The lowest BCUT2D eigenvalue weighted by Gasteiger charge is -2.00. The molecule has 2 N–H and O–H groups in total. The molecule has 1 fully saturated rings. The maximum Gasteiger partial charge on any atom is 0.335 e. The summed E-state index contributed by atoms with van der Waals surface area (Å²) in [6, 6.07) is 5.68. The summed E-state index contributed by atoms with van der Waals surface area (Å²) in [5.41, 5.74) is 0.314. The number of aromatic carboxylic acids is 1. The van der Waals surface area contributed by atoms with Crippen LogP contribution in [-0.4, -0.2) is 21.5 Å². The van der Waals surface area contributed by atoms with E-state index in [9.17, 15) is 4.79 Å². The largest absolute Gasteiger partial charge is 0.478 e. The first-order valence-electron chi connectivity index (χ1n) is 5.13. The van der Waals surface area contributed by atoms with Crippen LogP contribution in [0.1, 0.15) is 23.2 Å². The van der Waals surface area contributed by atoms with E-state index in [2.05, 4.69) is 9.69 Å². The zero-order chi connectivity index (χ0) is 11.1. The summed E-state index contributed by atoms with van der Waals surface area (Å²) in [4.78, 5) is 10.8. The predicted octanol–water partition coefficient (Wildman–Crippen LogP) is 2.57. The predicted molar refractivity (Wildman–Crippen MR) is 63.2 cm³/mol. The van der Waals surface area contributed by atoms with Crippen molar-refractivity contribution in [3.05, 3.63) is 23.8 Å². The fraction of sp³-hybridized carbons (Fsp3) is 0.273. The standard InChI is InChI=1S/C11H10N2O2S/c14-11(15)6-1-4-8-9(5-6)16-13-10(8)12-7-2-3-7/h1,4-5,7H,2-3H2,(H,12,13)(H,14,15). The quantitative estimate of drug-likeness (QED) is 0.856. The number of benzene rings is 1. The lowest BCUT2D eigenvalue weighted by Crippen LogP contribution is -2.01. The molecule has 0 spiro atoms. The third-order valence-corrected chi connectivity index (χ3v) is 3.45. The minimum absolute atomic E-state index is 0.314. The maximum atomic E-state index is 10.8. The fourth-order valence-electron chi connectivity index (χ4n) is 1.60. The van der Waals surface area contributed by atoms with Crippen molar-refractivity contribution in [2.45, 2.75) is 18.9 Å². The summed E-state index contributed by atoms with van der Waals surface area (Å²) in [5.74, 6) is -0.00793. The van der Waals surface area contributed by atoms with Crippen LogP contribution in [0.2, 0.25) is 0 Å². The van der Waals surface area contributed by atoms with E-state index in [-0.39, 0.29) is 0 Å². The number of carboxylic acids is 1. The fourth-order valence-corrected chi connectivity index (χ4v) is 2.38. The molecule has 0 amide bonds. The number of carbonyl (C=O) groups is 1. The third kappa shape index (κ3) is 1.63. The van der Waals surface area contributed by atoms with E-state index >= 15 is 0 Å². The molecule has 1 saturated carbocycles. The van der Waals surface area contributed by atoms with Crippen LogP contribution in [0.5, 0.6) is 0 Å². The van der Waals surface area contributed by atoms with Crippen molar-refractivity contribution in [2.75, 3.05) is 5.32 Å². The van der Waals surface area contributed by atoms with Crippen LogP contribution in [-0.2, 0) is 0 Å². The number of nitrogens with zero attached hydrogens (tertiary/aromatic N) is 1. The molecule has 0 bridgehead atoms. The SMILES string of the molecule is O=C(O)c1ccc2c(NC3CC3)nsc2c1. The summed E-state index contributed by atoms with van der Waals surface area (Å²) in [5, 5.41) is 13.2. The first-order valence-corrected chi connectivity index (χ1v) is 5.90. The lowest BCUT2D eigenvalue weighted by atomic mass is 10.2. The molecule has 0 unspecified atom stereocenters. The van der Waals surface area contributed by atoms with E-state index in [1.54, 1.807) is 12.1 Å². The molecule has 1 aliphatic rings. The van der Waals surface area contributed by atoms with Crippen molar-refractivity contribution in [3.63, 3.8) is 0 Å². The molecule has 1 aromatic carbocycles. The molecule has 0 saturated heterocycles. The van der Waals surface area contributed by atoms with Crippen LogP contribution >= 0.6 is 11.5 Å². The summed E-state index contributed by atoms with van der Waals surface area (Å²) in [6.07, 6.45) is 2.40. The number of nitrogens with one attached hydrogen (secondary N) is 1. The zero-order valence-corrected chi connectivity index (χ0v) is 9.25. The maximum absolute atomic E-state index is 10.8. The third-order valence-electron chi connectivity index (χ3n) is 2.64. The normalized spacial score (nSPS) is 15.2. The van der Waals surface area contributed by atoms with Crippen molar-refractivity contribution >= 4 is 33.4 Å². The summed E-state index contributed by atoms with van der Waals surface area (Å²) in [6.45, 7) is 0. The zero-order valence-electron chi connectivity index (χ0n) is 8.43. The van der Waals surface area contributed by atoms with E-state index in [0.29, 0.717) is 11.6 Å². The van der Waals surface area contributed by atoms with Crippen molar-refractivity contribution in [3.8, 4) is 0 Å². The average molecular weight is 234 g/mol. The smallest absolute Gasteiger partial charge is 0.335 e. The second kappa shape index (κ2) is 3.45. The molecule has 0 radical (unpaired) electrons. The number of fused-ring (bicyclic) bond motifs is 1. The van der Waals surface area contributed by atoms with Gasteiger partial charge in [0.05, 0.1) is 10.3 Å². The van der Waals surface area contributed by atoms with Crippen LogP contribution in [0.25, 0.3) is 10.1 Å². The minimum Gasteiger partial charge on any atom is -0.478 e. The molecule has 1 heterocycles. The number of rotatable bonds is 3. The Hall–Kier alpha value is -1.62. The van der Waals surface area contributed by atoms with Gasteiger partial charge in [-0.15, -0.1) is 0 Å². The van der Waals surface area contributed by atoms with Crippen molar-refractivity contribution in [1.82, 2.24) is 4.37 Å². The van der Waals surface area contributed by atoms with Gasteiger partial charge in [-0.2, -0.15) is 4.37 Å². The van der Waals surface area contributed by atoms with Crippen molar-refractivity contribution in [2.24, 2.45) is 0 Å². The van der Waals surface area contributed by atoms with Crippen molar-refractivity contribution < 1.29 is 9.90 Å². The monoisotopic (exact) mass is 234 g/mol. The molecule has 4 nitrogen and oxygen atoms in total. The lowest BCUT2D eigenvalue weighted by molar-refractivity contribution is 0.0697. The van der Waals surface area contributed by atoms with E-state index in [1.165, 1.54) is 24.4 Å². The van der Waals surface area contributed by atoms with E-state index in [1.807, 2.05) is 6.07 Å². The first kappa shape index (κ1) is 9.59. The molecular formula is C11H10N2O2S. The highest BCUT2D eigenvalue weighted by atomic mass is 32.1. The van der Waals surface area contributed by atoms with Crippen LogP contribution in [0.4, 0.5) is 5.82 Å². The van der Waals surface area contributed by atoms with Gasteiger partial charge in [-0.05, 0) is 42.6 Å². The number of aromatic nitrogens is 1. The molecule has 0 atom stereocenters. The van der Waals surface area contributed by atoms with E-state index < -0.39 is 5.97 Å². The number of hydrogen-bond acceptors (Lipinski definition) is 4. The Kier molecular flexibility index (Phi) is 2.07. The Bertz CT molecular complexity index is 560. The summed E-state index contributed by atoms with van der Waals surface area (Å²) < 4.78 is 5.23. The van der Waals surface area contributed by atoms with E-state index in [4.69, 9.17) is 5.11 Å². The Morgan fingerprint density at radius 1 is 1.50 bits per heavy atom. The molecule has 1 aliphatic carbocycles. The Morgan fingerprint density at radius 2 is 2.31 bits per heavy atom. The Labute approximate surface area is 96.1 Å². The highest BCUT2D eigenvalue weighted by molar-refractivity contribution is 7.13. The molecule has 82 valence electrons. The topological polar surface area (TPSA) is 62.2 Å². The van der Waals surface area contributed by atoms with Crippen LogP contribution in [0, 0.1) is 0 Å². The second-order valence-electron chi connectivity index (χ2n) is 3.97. The van der Waals surface area contributed by atoms with Gasteiger partial charge in [0.1, 0.15) is 5.82 Å². The van der Waals surface area contributed by atoms with Gasteiger partial charge in [0, 0.05) is 11.4 Å². The summed E-state index contributed by atoms with van der Waals surface area (Å²) in [7, 11) is 0. The van der Waals surface area contributed by atoms with Crippen LogP contribution in [0.15, 0.2) is 18.2 Å². The Balaban J connectivity index is 2.02. The van der Waals surface area contributed by atoms with Gasteiger partial charge >= 0.3 is 5.97 Å². The van der Waals surface area contributed by atoms with E-state index in [0.717, 1.165) is 15.9 Å². The van der Waals surface area contributed by atoms with Gasteiger partial charge in [0.15, 0.2) is 0 Å². The molecule has 16 heavy (non-hydrogen) atoms. The Morgan fingerprint density at radius 3 is 3.00 bits per heavy atom. The van der Waals surface area contributed by atoms with Gasteiger partial charge < -0.3 is 10.4 Å². The number of hydrogen-bond donors (Lipinski definition) is 2. The number of anilines is 1. The molecular weight excluding hydrogens is 224 g/mol. The molecule has 3 rings (SSSR count). The van der Waals surface area contributed by atoms with Crippen LogP contribution < -0.4 is 5.32 Å². The number of carboxylic acid groups (broad SMARTS) is 1. The van der Waals surface area contributed by atoms with Crippen LogP contribution in [0.3, 0.4) is 0 Å². The van der Waals surface area contributed by atoms with Gasteiger partial charge in [0.2, 0.25) is 0 Å². The molecule has 2 aromatic rings. The van der Waals surface area contributed by atoms with Gasteiger partial charge in [0.25, 0.3) is 0 Å². The second-order valence-corrected chi connectivity index (χ2v) is 4.77. The van der Waals surface area contributed by atoms with Gasteiger partial charge in [-0.3, -0.25) is 0 Å². The molecule has 5 heteroatoms. The molecule has 0 aliphatic heterocycles. The average Bonchev–Trinajstić information content (AvgIpc) is 2.99. The van der Waals surface area contributed by atoms with Gasteiger partial charge in [-0.25, -0.2) is 4.79 Å². The highest BCUT2D eigenvalue weighted by Crippen LogP contribution is 2.31. The highest BCUT2D eigenvalue weighted by Gasteiger charge is 2.22.